The van der Waals surface area contributed by atoms with Gasteiger partial charge in [0, 0.05) is 25.2 Å². The van der Waals surface area contributed by atoms with Gasteiger partial charge in [0.05, 0.1) is 20.3 Å². The highest BCUT2D eigenvalue weighted by Crippen LogP contribution is 2.18. The maximum absolute atomic E-state index is 5.32. The summed E-state index contributed by atoms with van der Waals surface area (Å²) in [4.78, 5) is 2.38. The van der Waals surface area contributed by atoms with E-state index in [-0.39, 0.29) is 0 Å². The van der Waals surface area contributed by atoms with E-state index in [1.807, 2.05) is 18.2 Å². The first-order valence-electron chi connectivity index (χ1n) is 6.00. The van der Waals surface area contributed by atoms with E-state index < -0.39 is 0 Å². The van der Waals surface area contributed by atoms with E-state index in [2.05, 4.69) is 23.1 Å². The zero-order chi connectivity index (χ0) is 11.9. The Morgan fingerprint density at radius 1 is 1.29 bits per heavy atom. The zero-order valence-electron chi connectivity index (χ0n) is 10.3. The summed E-state index contributed by atoms with van der Waals surface area (Å²) in [6, 6.07) is 8.05. The van der Waals surface area contributed by atoms with Crippen LogP contribution in [0.5, 0.6) is 5.75 Å². The largest absolute Gasteiger partial charge is 0.496 e. The molecule has 1 aliphatic rings. The van der Waals surface area contributed by atoms with Gasteiger partial charge in [0.15, 0.2) is 0 Å². The second-order valence-corrected chi connectivity index (χ2v) is 4.06. The van der Waals surface area contributed by atoms with Crippen molar-refractivity contribution in [1.82, 2.24) is 4.90 Å². The Morgan fingerprint density at radius 2 is 2.06 bits per heavy atom. The molecule has 0 spiro atoms. The van der Waals surface area contributed by atoms with Crippen LogP contribution in [0.15, 0.2) is 30.3 Å². The van der Waals surface area contributed by atoms with Crippen molar-refractivity contribution in [3.8, 4) is 5.75 Å². The van der Waals surface area contributed by atoms with E-state index in [4.69, 9.17) is 9.47 Å². The van der Waals surface area contributed by atoms with Crippen LogP contribution in [-0.4, -0.2) is 44.9 Å². The first kappa shape index (κ1) is 12.1. The Labute approximate surface area is 103 Å². The molecule has 17 heavy (non-hydrogen) atoms. The lowest BCUT2D eigenvalue weighted by Crippen LogP contribution is -2.36. The van der Waals surface area contributed by atoms with Gasteiger partial charge in [-0.3, -0.25) is 4.90 Å². The average molecular weight is 233 g/mol. The maximum atomic E-state index is 5.32. The molecule has 0 radical (unpaired) electrons. The molecule has 1 heterocycles. The zero-order valence-corrected chi connectivity index (χ0v) is 10.3. The predicted octanol–water partition coefficient (Wildman–Crippen LogP) is 2.04. The number of nitrogens with zero attached hydrogens (tertiary/aromatic N) is 1. The average Bonchev–Trinajstić information content (AvgIpc) is 2.40. The molecule has 0 amide bonds. The van der Waals surface area contributed by atoms with E-state index in [0.29, 0.717) is 0 Å². The molecule has 0 aliphatic carbocycles. The van der Waals surface area contributed by atoms with Crippen molar-refractivity contribution in [2.75, 3.05) is 40.0 Å². The molecule has 0 bridgehead atoms. The molecule has 1 aromatic carbocycles. The summed E-state index contributed by atoms with van der Waals surface area (Å²) in [6.45, 7) is 4.72. The van der Waals surface area contributed by atoms with Crippen LogP contribution in [-0.2, 0) is 4.74 Å². The molecule has 0 saturated carbocycles. The second kappa shape index (κ2) is 6.42. The van der Waals surface area contributed by atoms with E-state index in [1.165, 1.54) is 0 Å². The standard InChI is InChI=1S/C14H19NO2/c1-16-14-7-3-2-5-13(14)6-4-8-15-9-11-17-12-10-15/h2-7H,8-12H2,1H3. The van der Waals surface area contributed by atoms with Gasteiger partial charge in [-0.2, -0.15) is 0 Å². The number of hydrogen-bond donors (Lipinski definition) is 0. The van der Waals surface area contributed by atoms with Crippen molar-refractivity contribution in [2.24, 2.45) is 0 Å². The molecule has 2 rings (SSSR count). The summed E-state index contributed by atoms with van der Waals surface area (Å²) in [5.41, 5.74) is 1.13. The number of morpholine rings is 1. The molecule has 1 aliphatic heterocycles. The molecule has 0 aromatic heterocycles. The number of ether oxygens (including phenoxy) is 2. The van der Waals surface area contributed by atoms with Gasteiger partial charge in [-0.1, -0.05) is 30.4 Å². The van der Waals surface area contributed by atoms with Gasteiger partial charge < -0.3 is 9.47 Å². The molecule has 92 valence electrons. The molecule has 0 N–H and O–H groups in total. The van der Waals surface area contributed by atoms with Crippen molar-refractivity contribution in [1.29, 1.82) is 0 Å². The molecular formula is C14H19NO2. The van der Waals surface area contributed by atoms with Crippen LogP contribution < -0.4 is 4.74 Å². The summed E-state index contributed by atoms with van der Waals surface area (Å²) in [6.07, 6.45) is 4.30. The summed E-state index contributed by atoms with van der Waals surface area (Å²) in [5, 5.41) is 0. The van der Waals surface area contributed by atoms with Crippen LogP contribution in [0.2, 0.25) is 0 Å². The third kappa shape index (κ3) is 3.58. The monoisotopic (exact) mass is 233 g/mol. The van der Waals surface area contributed by atoms with Gasteiger partial charge in [0.25, 0.3) is 0 Å². The highest BCUT2D eigenvalue weighted by Gasteiger charge is 2.07. The Morgan fingerprint density at radius 3 is 2.82 bits per heavy atom. The molecule has 3 nitrogen and oxygen atoms in total. The van der Waals surface area contributed by atoms with Crippen molar-refractivity contribution in [2.45, 2.75) is 0 Å². The van der Waals surface area contributed by atoms with Crippen molar-refractivity contribution >= 4 is 6.08 Å². The van der Waals surface area contributed by atoms with E-state index in [0.717, 1.165) is 44.2 Å². The fourth-order valence-corrected chi connectivity index (χ4v) is 1.92. The summed E-state index contributed by atoms with van der Waals surface area (Å²) < 4.78 is 10.6. The lowest BCUT2D eigenvalue weighted by Gasteiger charge is -2.25. The van der Waals surface area contributed by atoms with Gasteiger partial charge >= 0.3 is 0 Å². The Balaban J connectivity index is 1.90. The molecule has 0 unspecified atom stereocenters. The smallest absolute Gasteiger partial charge is 0.126 e. The highest BCUT2D eigenvalue weighted by molar-refractivity contribution is 5.57. The molecule has 1 saturated heterocycles. The maximum Gasteiger partial charge on any atom is 0.126 e. The third-order valence-corrected chi connectivity index (χ3v) is 2.90. The topological polar surface area (TPSA) is 21.7 Å². The van der Waals surface area contributed by atoms with E-state index >= 15 is 0 Å². The van der Waals surface area contributed by atoms with Crippen LogP contribution in [0.3, 0.4) is 0 Å². The van der Waals surface area contributed by atoms with Crippen molar-refractivity contribution in [3.05, 3.63) is 35.9 Å². The lowest BCUT2D eigenvalue weighted by atomic mass is 10.2. The van der Waals surface area contributed by atoms with Gasteiger partial charge in [-0.05, 0) is 6.07 Å². The van der Waals surface area contributed by atoms with E-state index in [9.17, 15) is 0 Å². The summed E-state index contributed by atoms with van der Waals surface area (Å²) in [5.74, 6) is 0.922. The number of benzene rings is 1. The fourth-order valence-electron chi connectivity index (χ4n) is 1.92. The molecular weight excluding hydrogens is 214 g/mol. The van der Waals surface area contributed by atoms with Crippen molar-refractivity contribution < 1.29 is 9.47 Å². The summed E-state index contributed by atoms with van der Waals surface area (Å²) in [7, 11) is 1.70. The van der Waals surface area contributed by atoms with Crippen LogP contribution in [0.1, 0.15) is 5.56 Å². The Hall–Kier alpha value is -1.32. The Bertz CT molecular complexity index is 370. The van der Waals surface area contributed by atoms with Gasteiger partial charge in [0.1, 0.15) is 5.75 Å². The molecule has 1 fully saturated rings. The number of rotatable bonds is 4. The van der Waals surface area contributed by atoms with Crippen LogP contribution in [0.4, 0.5) is 0 Å². The first-order chi connectivity index (χ1) is 8.40. The molecule has 3 heteroatoms. The minimum absolute atomic E-state index is 0.850. The fraction of sp³-hybridized carbons (Fsp3) is 0.429. The Kier molecular flexibility index (Phi) is 4.59. The molecule has 1 aromatic rings. The molecule has 0 atom stereocenters. The normalized spacial score (nSPS) is 17.5. The number of methoxy groups -OCH3 is 1. The number of hydrogen-bond acceptors (Lipinski definition) is 3. The number of para-hydroxylation sites is 1. The van der Waals surface area contributed by atoms with Crippen LogP contribution in [0, 0.1) is 0 Å². The quantitative estimate of drug-likeness (QED) is 0.794. The van der Waals surface area contributed by atoms with Crippen LogP contribution in [0.25, 0.3) is 6.08 Å². The van der Waals surface area contributed by atoms with Gasteiger partial charge in [-0.15, -0.1) is 0 Å². The van der Waals surface area contributed by atoms with E-state index in [1.54, 1.807) is 7.11 Å². The van der Waals surface area contributed by atoms with Crippen LogP contribution >= 0.6 is 0 Å². The third-order valence-electron chi connectivity index (χ3n) is 2.90. The second-order valence-electron chi connectivity index (χ2n) is 4.06. The highest BCUT2D eigenvalue weighted by atomic mass is 16.5. The SMILES string of the molecule is COc1ccccc1C=CCN1CCOCC1. The first-order valence-corrected chi connectivity index (χ1v) is 6.00. The minimum Gasteiger partial charge on any atom is -0.496 e. The van der Waals surface area contributed by atoms with Gasteiger partial charge in [-0.25, -0.2) is 0 Å². The summed E-state index contributed by atoms with van der Waals surface area (Å²) >= 11 is 0. The van der Waals surface area contributed by atoms with Gasteiger partial charge in [0.2, 0.25) is 0 Å². The van der Waals surface area contributed by atoms with Crippen molar-refractivity contribution in [3.63, 3.8) is 0 Å². The lowest BCUT2D eigenvalue weighted by molar-refractivity contribution is 0.0435. The minimum atomic E-state index is 0.850. The predicted molar refractivity (Wildman–Crippen MR) is 69.3 cm³/mol.